The maximum absolute atomic E-state index is 13.1. The molecule has 0 aliphatic carbocycles. The molecule has 1 aromatic carbocycles. The van der Waals surface area contributed by atoms with Crippen LogP contribution in [0.5, 0.6) is 0 Å². The standard InChI is InChI=1S/C7H4BrFN2O4/c8-2-1-3(9)4(7(12)13)5(10)6(2)11(14)15/h1H,10H2,(H,12,13). The summed E-state index contributed by atoms with van der Waals surface area (Å²) in [5.74, 6) is -2.78. The van der Waals surface area contributed by atoms with E-state index >= 15 is 0 Å². The lowest BCUT2D eigenvalue weighted by Gasteiger charge is -2.04. The Morgan fingerprint density at radius 2 is 2.20 bits per heavy atom. The van der Waals surface area contributed by atoms with Gasteiger partial charge in [-0.25, -0.2) is 9.18 Å². The van der Waals surface area contributed by atoms with E-state index in [1.807, 2.05) is 0 Å². The third-order valence-electron chi connectivity index (χ3n) is 1.64. The van der Waals surface area contributed by atoms with Gasteiger partial charge in [-0.15, -0.1) is 0 Å². The zero-order chi connectivity index (χ0) is 11.7. The number of nitrogens with zero attached hydrogens (tertiary/aromatic N) is 1. The molecule has 0 aliphatic heterocycles. The summed E-state index contributed by atoms with van der Waals surface area (Å²) in [4.78, 5) is 20.2. The van der Waals surface area contributed by atoms with Crippen molar-refractivity contribution in [3.05, 3.63) is 32.0 Å². The van der Waals surface area contributed by atoms with Crippen LogP contribution in [-0.2, 0) is 0 Å². The number of anilines is 1. The highest BCUT2D eigenvalue weighted by atomic mass is 79.9. The maximum Gasteiger partial charge on any atom is 0.341 e. The largest absolute Gasteiger partial charge is 0.478 e. The molecule has 0 aliphatic rings. The molecule has 0 saturated heterocycles. The fourth-order valence-electron chi connectivity index (χ4n) is 1.03. The molecule has 0 spiro atoms. The average Bonchev–Trinajstić information content (AvgIpc) is 1.99. The van der Waals surface area contributed by atoms with Crippen molar-refractivity contribution in [3.63, 3.8) is 0 Å². The number of nitro groups is 1. The van der Waals surface area contributed by atoms with Crippen LogP contribution in [0, 0.1) is 15.9 Å². The minimum absolute atomic E-state index is 0.201. The number of nitrogen functional groups attached to an aromatic ring is 1. The quantitative estimate of drug-likeness (QED) is 0.487. The van der Waals surface area contributed by atoms with Crippen LogP contribution in [-0.4, -0.2) is 16.0 Å². The summed E-state index contributed by atoms with van der Waals surface area (Å²) in [5, 5.41) is 19.1. The van der Waals surface area contributed by atoms with Crippen LogP contribution in [0.4, 0.5) is 15.8 Å². The molecule has 0 fully saturated rings. The Balaban J connectivity index is 3.64. The molecule has 15 heavy (non-hydrogen) atoms. The van der Waals surface area contributed by atoms with Gasteiger partial charge in [0.2, 0.25) is 0 Å². The smallest absolute Gasteiger partial charge is 0.341 e. The van der Waals surface area contributed by atoms with Crippen LogP contribution >= 0.6 is 15.9 Å². The number of aromatic carboxylic acids is 1. The molecule has 0 saturated carbocycles. The summed E-state index contributed by atoms with van der Waals surface area (Å²) in [6, 6.07) is 0.692. The van der Waals surface area contributed by atoms with Gasteiger partial charge in [0.1, 0.15) is 21.5 Å². The molecule has 0 amide bonds. The van der Waals surface area contributed by atoms with Crippen LogP contribution in [0.1, 0.15) is 10.4 Å². The number of carbonyl (C=O) groups is 1. The number of nitrogens with two attached hydrogens (primary N) is 1. The van der Waals surface area contributed by atoms with Crippen LogP contribution in [0.3, 0.4) is 0 Å². The third kappa shape index (κ3) is 1.89. The summed E-state index contributed by atoms with van der Waals surface area (Å²) in [5.41, 5.74) is 2.93. The zero-order valence-corrected chi connectivity index (χ0v) is 8.62. The first-order valence-electron chi connectivity index (χ1n) is 3.51. The van der Waals surface area contributed by atoms with Gasteiger partial charge in [-0.2, -0.15) is 0 Å². The van der Waals surface area contributed by atoms with Crippen LogP contribution in [0.2, 0.25) is 0 Å². The van der Waals surface area contributed by atoms with E-state index in [1.54, 1.807) is 0 Å². The Hall–Kier alpha value is -1.70. The molecule has 0 bridgehead atoms. The van der Waals surface area contributed by atoms with Crippen molar-refractivity contribution >= 4 is 33.3 Å². The molecule has 0 aromatic heterocycles. The molecule has 80 valence electrons. The zero-order valence-electron chi connectivity index (χ0n) is 7.03. The van der Waals surface area contributed by atoms with Gasteiger partial charge in [0.25, 0.3) is 0 Å². The van der Waals surface area contributed by atoms with Gasteiger partial charge in [0, 0.05) is 0 Å². The maximum atomic E-state index is 13.1. The summed E-state index contributed by atoms with van der Waals surface area (Å²) in [6.07, 6.45) is 0. The van der Waals surface area contributed by atoms with Gasteiger partial charge >= 0.3 is 11.7 Å². The van der Waals surface area contributed by atoms with E-state index in [0.29, 0.717) is 6.07 Å². The number of hydrogen-bond donors (Lipinski definition) is 2. The molecular formula is C7H4BrFN2O4. The molecule has 0 heterocycles. The Kier molecular flexibility index (Phi) is 2.89. The number of halogens is 2. The van der Waals surface area contributed by atoms with Gasteiger partial charge in [0.15, 0.2) is 0 Å². The van der Waals surface area contributed by atoms with E-state index in [4.69, 9.17) is 10.8 Å². The summed E-state index contributed by atoms with van der Waals surface area (Å²) in [6.45, 7) is 0. The lowest BCUT2D eigenvalue weighted by atomic mass is 10.1. The van der Waals surface area contributed by atoms with E-state index in [0.717, 1.165) is 0 Å². The highest BCUT2D eigenvalue weighted by Crippen LogP contribution is 2.35. The fraction of sp³-hybridized carbons (Fsp3) is 0. The van der Waals surface area contributed by atoms with Crippen molar-refractivity contribution in [3.8, 4) is 0 Å². The SMILES string of the molecule is Nc1c(C(=O)O)c(F)cc(Br)c1[N+](=O)[O-]. The number of benzene rings is 1. The Labute approximate surface area is 90.8 Å². The molecular weight excluding hydrogens is 275 g/mol. The molecule has 8 heteroatoms. The van der Waals surface area contributed by atoms with Crippen molar-refractivity contribution in [1.29, 1.82) is 0 Å². The average molecular weight is 279 g/mol. The first-order valence-corrected chi connectivity index (χ1v) is 4.30. The Morgan fingerprint density at radius 1 is 1.67 bits per heavy atom. The summed E-state index contributed by atoms with van der Waals surface area (Å²) >= 11 is 2.73. The summed E-state index contributed by atoms with van der Waals surface area (Å²) in [7, 11) is 0. The Bertz CT molecular complexity index is 425. The lowest BCUT2D eigenvalue weighted by molar-refractivity contribution is -0.384. The highest BCUT2D eigenvalue weighted by molar-refractivity contribution is 9.10. The van der Waals surface area contributed by atoms with Gasteiger partial charge in [-0.05, 0) is 22.0 Å². The van der Waals surface area contributed by atoms with E-state index in [-0.39, 0.29) is 4.47 Å². The van der Waals surface area contributed by atoms with Crippen LogP contribution in [0.25, 0.3) is 0 Å². The van der Waals surface area contributed by atoms with E-state index in [9.17, 15) is 19.3 Å². The van der Waals surface area contributed by atoms with E-state index in [1.165, 1.54) is 0 Å². The number of rotatable bonds is 2. The van der Waals surface area contributed by atoms with E-state index in [2.05, 4.69) is 15.9 Å². The highest BCUT2D eigenvalue weighted by Gasteiger charge is 2.26. The number of nitro benzene ring substituents is 1. The van der Waals surface area contributed by atoms with Gasteiger partial charge in [-0.3, -0.25) is 10.1 Å². The number of hydrogen-bond acceptors (Lipinski definition) is 4. The van der Waals surface area contributed by atoms with Crippen molar-refractivity contribution in [2.45, 2.75) is 0 Å². The van der Waals surface area contributed by atoms with Gasteiger partial charge < -0.3 is 10.8 Å². The number of carboxylic acids is 1. The first kappa shape index (κ1) is 11.4. The topological polar surface area (TPSA) is 106 Å². The van der Waals surface area contributed by atoms with Crippen LogP contribution < -0.4 is 5.73 Å². The predicted octanol–water partition coefficient (Wildman–Crippen LogP) is 1.78. The van der Waals surface area contributed by atoms with Gasteiger partial charge in [0.05, 0.1) is 4.92 Å². The number of carboxylic acid groups (broad SMARTS) is 1. The molecule has 0 unspecified atom stereocenters. The fourth-order valence-corrected chi connectivity index (χ4v) is 1.59. The minimum atomic E-state index is -1.65. The molecule has 1 rings (SSSR count). The monoisotopic (exact) mass is 278 g/mol. The lowest BCUT2D eigenvalue weighted by Crippen LogP contribution is -2.09. The summed E-state index contributed by atoms with van der Waals surface area (Å²) < 4.78 is 12.9. The second kappa shape index (κ2) is 3.81. The van der Waals surface area contributed by atoms with Gasteiger partial charge in [-0.1, -0.05) is 0 Å². The van der Waals surface area contributed by atoms with E-state index < -0.39 is 33.6 Å². The van der Waals surface area contributed by atoms with Crippen molar-refractivity contribution in [2.24, 2.45) is 0 Å². The molecule has 6 nitrogen and oxygen atoms in total. The molecule has 1 aromatic rings. The van der Waals surface area contributed by atoms with Crippen molar-refractivity contribution in [2.75, 3.05) is 5.73 Å². The molecule has 3 N–H and O–H groups in total. The Morgan fingerprint density at radius 3 is 2.60 bits per heavy atom. The second-order valence-corrected chi connectivity index (χ2v) is 3.39. The first-order chi connectivity index (χ1) is 6.86. The second-order valence-electron chi connectivity index (χ2n) is 2.54. The molecule has 0 atom stereocenters. The normalized spacial score (nSPS) is 10.0. The minimum Gasteiger partial charge on any atom is -0.478 e. The van der Waals surface area contributed by atoms with Crippen molar-refractivity contribution in [1.82, 2.24) is 0 Å². The predicted molar refractivity (Wildman–Crippen MR) is 52.1 cm³/mol. The third-order valence-corrected chi connectivity index (χ3v) is 2.24. The van der Waals surface area contributed by atoms with Crippen molar-refractivity contribution < 1.29 is 19.2 Å². The molecule has 0 radical (unpaired) electrons. The van der Waals surface area contributed by atoms with Crippen LogP contribution in [0.15, 0.2) is 10.5 Å².